The number of nitrogens with zero attached hydrogens (tertiary/aromatic N) is 1. The van der Waals surface area contributed by atoms with E-state index in [0.29, 0.717) is 19.4 Å². The molecular weight excluding hydrogens is 206 g/mol. The first-order chi connectivity index (χ1) is 7.49. The van der Waals surface area contributed by atoms with Gasteiger partial charge >= 0.3 is 5.97 Å². The topological polar surface area (TPSA) is 57.6 Å². The molecule has 4 heteroatoms. The number of carbonyl (C=O) groups is 2. The first kappa shape index (κ1) is 13.0. The van der Waals surface area contributed by atoms with E-state index >= 15 is 0 Å². The van der Waals surface area contributed by atoms with Crippen molar-refractivity contribution in [1.29, 1.82) is 0 Å². The summed E-state index contributed by atoms with van der Waals surface area (Å²) >= 11 is 0. The number of hydrogen-bond acceptors (Lipinski definition) is 2. The standard InChI is InChI=1S/C12H21NO3/c1-4-7-13-10(14)6-5-9(12(15)16)11(13)8(2)3/h8-9,11H,4-7H2,1-3H3,(H,15,16)/t9-,11+/m0/s1. The van der Waals surface area contributed by atoms with Gasteiger partial charge in [-0.05, 0) is 18.8 Å². The van der Waals surface area contributed by atoms with Gasteiger partial charge in [0.15, 0.2) is 0 Å². The Kier molecular flexibility index (Phi) is 4.33. The fraction of sp³-hybridized carbons (Fsp3) is 0.833. The predicted octanol–water partition coefficient (Wildman–Crippen LogP) is 1.74. The van der Waals surface area contributed by atoms with E-state index in [-0.39, 0.29) is 17.9 Å². The van der Waals surface area contributed by atoms with E-state index < -0.39 is 11.9 Å². The summed E-state index contributed by atoms with van der Waals surface area (Å²) in [4.78, 5) is 24.8. The minimum Gasteiger partial charge on any atom is -0.481 e. The van der Waals surface area contributed by atoms with Crippen LogP contribution < -0.4 is 0 Å². The molecule has 1 fully saturated rings. The Labute approximate surface area is 96.6 Å². The zero-order valence-corrected chi connectivity index (χ0v) is 10.3. The Morgan fingerprint density at radius 2 is 2.19 bits per heavy atom. The summed E-state index contributed by atoms with van der Waals surface area (Å²) in [5.74, 6) is -0.869. The van der Waals surface area contributed by atoms with Crippen molar-refractivity contribution in [3.63, 3.8) is 0 Å². The maximum absolute atomic E-state index is 11.8. The molecule has 1 aliphatic heterocycles. The lowest BCUT2D eigenvalue weighted by atomic mass is 9.82. The molecule has 0 unspecified atom stereocenters. The van der Waals surface area contributed by atoms with Gasteiger partial charge in [-0.3, -0.25) is 9.59 Å². The van der Waals surface area contributed by atoms with Crippen molar-refractivity contribution >= 4 is 11.9 Å². The van der Waals surface area contributed by atoms with E-state index in [1.54, 1.807) is 4.90 Å². The van der Waals surface area contributed by atoms with Crippen molar-refractivity contribution in [2.45, 2.75) is 46.1 Å². The van der Waals surface area contributed by atoms with Crippen molar-refractivity contribution < 1.29 is 14.7 Å². The van der Waals surface area contributed by atoms with Gasteiger partial charge in [-0.25, -0.2) is 0 Å². The summed E-state index contributed by atoms with van der Waals surface area (Å²) in [6, 6.07) is -0.140. The minimum absolute atomic E-state index is 0.109. The molecule has 1 aliphatic rings. The molecule has 0 aliphatic carbocycles. The molecule has 16 heavy (non-hydrogen) atoms. The van der Waals surface area contributed by atoms with E-state index in [4.69, 9.17) is 0 Å². The molecule has 1 amide bonds. The quantitative estimate of drug-likeness (QED) is 0.796. The molecule has 0 radical (unpaired) electrons. The number of aliphatic carboxylic acids is 1. The van der Waals surface area contributed by atoms with Crippen LogP contribution in [0, 0.1) is 11.8 Å². The van der Waals surface area contributed by atoms with Crippen molar-refractivity contribution in [3.8, 4) is 0 Å². The Morgan fingerprint density at radius 3 is 2.62 bits per heavy atom. The van der Waals surface area contributed by atoms with Crippen LogP contribution in [0.25, 0.3) is 0 Å². The molecule has 92 valence electrons. The van der Waals surface area contributed by atoms with Crippen LogP contribution in [-0.2, 0) is 9.59 Å². The lowest BCUT2D eigenvalue weighted by Gasteiger charge is -2.41. The minimum atomic E-state index is -0.771. The Morgan fingerprint density at radius 1 is 1.56 bits per heavy atom. The third-order valence-electron chi connectivity index (χ3n) is 3.23. The first-order valence-electron chi connectivity index (χ1n) is 6.01. The monoisotopic (exact) mass is 227 g/mol. The molecular formula is C12H21NO3. The SMILES string of the molecule is CCCN1C(=O)CC[C@H](C(=O)O)[C@H]1C(C)C. The number of piperidine rings is 1. The van der Waals surface area contributed by atoms with Gasteiger partial charge in [0.2, 0.25) is 5.91 Å². The number of carbonyl (C=O) groups excluding carboxylic acids is 1. The first-order valence-corrected chi connectivity index (χ1v) is 6.01. The number of hydrogen-bond donors (Lipinski definition) is 1. The van der Waals surface area contributed by atoms with Gasteiger partial charge in [-0.2, -0.15) is 0 Å². The molecule has 2 atom stereocenters. The van der Waals surface area contributed by atoms with Crippen LogP contribution in [0.5, 0.6) is 0 Å². The van der Waals surface area contributed by atoms with E-state index in [2.05, 4.69) is 0 Å². The molecule has 4 nitrogen and oxygen atoms in total. The third-order valence-corrected chi connectivity index (χ3v) is 3.23. The van der Waals surface area contributed by atoms with Crippen molar-refractivity contribution in [2.24, 2.45) is 11.8 Å². The molecule has 1 rings (SSSR count). The average molecular weight is 227 g/mol. The van der Waals surface area contributed by atoms with Gasteiger partial charge in [-0.15, -0.1) is 0 Å². The highest BCUT2D eigenvalue weighted by molar-refractivity contribution is 5.81. The maximum atomic E-state index is 11.8. The molecule has 0 spiro atoms. The van der Waals surface area contributed by atoms with Gasteiger partial charge in [0.25, 0.3) is 0 Å². The van der Waals surface area contributed by atoms with E-state index in [9.17, 15) is 14.7 Å². The molecule has 0 aromatic carbocycles. The number of carboxylic acid groups (broad SMARTS) is 1. The Bertz CT molecular complexity index is 275. The average Bonchev–Trinajstić information content (AvgIpc) is 2.20. The Balaban J connectivity index is 2.91. The maximum Gasteiger partial charge on any atom is 0.308 e. The lowest BCUT2D eigenvalue weighted by molar-refractivity contribution is -0.153. The number of carboxylic acids is 1. The number of rotatable bonds is 4. The molecule has 0 bridgehead atoms. The highest BCUT2D eigenvalue weighted by Crippen LogP contribution is 2.29. The number of likely N-dealkylation sites (tertiary alicyclic amines) is 1. The zero-order chi connectivity index (χ0) is 12.3. The van der Waals surface area contributed by atoms with Crippen LogP contribution >= 0.6 is 0 Å². The van der Waals surface area contributed by atoms with Crippen molar-refractivity contribution in [2.75, 3.05) is 6.54 Å². The van der Waals surface area contributed by atoms with Gasteiger partial charge in [0, 0.05) is 19.0 Å². The van der Waals surface area contributed by atoms with E-state index in [1.165, 1.54) is 0 Å². The zero-order valence-electron chi connectivity index (χ0n) is 10.3. The summed E-state index contributed by atoms with van der Waals surface area (Å²) in [7, 11) is 0. The normalized spacial score (nSPS) is 26.2. The molecule has 1 heterocycles. The summed E-state index contributed by atoms with van der Waals surface area (Å²) in [5.41, 5.74) is 0. The highest BCUT2D eigenvalue weighted by Gasteiger charge is 2.40. The smallest absolute Gasteiger partial charge is 0.308 e. The van der Waals surface area contributed by atoms with Gasteiger partial charge in [-0.1, -0.05) is 20.8 Å². The largest absolute Gasteiger partial charge is 0.481 e. The van der Waals surface area contributed by atoms with Crippen LogP contribution in [0.1, 0.15) is 40.0 Å². The summed E-state index contributed by atoms with van der Waals surface area (Å²) in [5, 5.41) is 9.19. The van der Waals surface area contributed by atoms with E-state index in [0.717, 1.165) is 6.42 Å². The summed E-state index contributed by atoms with van der Waals surface area (Å²) < 4.78 is 0. The van der Waals surface area contributed by atoms with Crippen molar-refractivity contribution in [1.82, 2.24) is 4.90 Å². The van der Waals surface area contributed by atoms with Crippen molar-refractivity contribution in [3.05, 3.63) is 0 Å². The highest BCUT2D eigenvalue weighted by atomic mass is 16.4. The molecule has 0 saturated carbocycles. The second-order valence-corrected chi connectivity index (χ2v) is 4.81. The van der Waals surface area contributed by atoms with Gasteiger partial charge in [0.1, 0.15) is 0 Å². The fourth-order valence-corrected chi connectivity index (χ4v) is 2.59. The van der Waals surface area contributed by atoms with Gasteiger partial charge < -0.3 is 10.0 Å². The van der Waals surface area contributed by atoms with Crippen LogP contribution in [-0.4, -0.2) is 34.5 Å². The molecule has 0 aromatic rings. The predicted molar refractivity (Wildman–Crippen MR) is 61.0 cm³/mol. The van der Waals surface area contributed by atoms with Gasteiger partial charge in [0.05, 0.1) is 5.92 Å². The Hall–Kier alpha value is -1.06. The second kappa shape index (κ2) is 5.32. The lowest BCUT2D eigenvalue weighted by Crippen LogP contribution is -2.53. The fourth-order valence-electron chi connectivity index (χ4n) is 2.59. The van der Waals surface area contributed by atoms with Crippen LogP contribution in [0.4, 0.5) is 0 Å². The van der Waals surface area contributed by atoms with Crippen LogP contribution in [0.3, 0.4) is 0 Å². The third kappa shape index (κ3) is 2.54. The number of amides is 1. The molecule has 0 aromatic heterocycles. The van der Waals surface area contributed by atoms with E-state index in [1.807, 2.05) is 20.8 Å². The second-order valence-electron chi connectivity index (χ2n) is 4.81. The summed E-state index contributed by atoms with van der Waals surface area (Å²) in [6.45, 7) is 6.66. The molecule has 1 N–H and O–H groups in total. The van der Waals surface area contributed by atoms with Crippen LogP contribution in [0.2, 0.25) is 0 Å². The summed E-state index contributed by atoms with van der Waals surface area (Å²) in [6.07, 6.45) is 1.73. The van der Waals surface area contributed by atoms with Crippen LogP contribution in [0.15, 0.2) is 0 Å². The molecule has 1 saturated heterocycles.